The van der Waals surface area contributed by atoms with Gasteiger partial charge in [0.15, 0.2) is 5.78 Å². The van der Waals surface area contributed by atoms with E-state index in [-0.39, 0.29) is 16.6 Å². The Kier molecular flexibility index (Phi) is 7.42. The number of rotatable bonds is 5. The van der Waals surface area contributed by atoms with E-state index >= 15 is 0 Å². The summed E-state index contributed by atoms with van der Waals surface area (Å²) in [6.45, 7) is 17.6. The zero-order valence-corrected chi connectivity index (χ0v) is 22.1. The van der Waals surface area contributed by atoms with Crippen LogP contribution in [0.4, 0.5) is 0 Å². The smallest absolute Gasteiger partial charge is 0.211 e. The number of unbranched alkanes of at least 4 members (excludes halogenated alkanes) is 1. The van der Waals surface area contributed by atoms with Gasteiger partial charge < -0.3 is 4.57 Å². The number of ketones is 1. The molecular weight excluding hydrogens is 426 g/mol. The third kappa shape index (κ3) is 5.89. The van der Waals surface area contributed by atoms with E-state index in [1.165, 1.54) is 16.8 Å². The van der Waals surface area contributed by atoms with Crippen LogP contribution in [0.15, 0.2) is 63.1 Å². The van der Waals surface area contributed by atoms with Gasteiger partial charge in [-0.25, -0.2) is 0 Å². The minimum Gasteiger partial charge on any atom is -0.315 e. The van der Waals surface area contributed by atoms with Crippen molar-refractivity contribution in [1.29, 1.82) is 0 Å². The lowest BCUT2D eigenvalue weighted by Crippen LogP contribution is -2.29. The first-order valence-electron chi connectivity index (χ1n) is 11.8. The molecule has 1 heterocycles. The van der Waals surface area contributed by atoms with Crippen LogP contribution in [0.5, 0.6) is 0 Å². The summed E-state index contributed by atoms with van der Waals surface area (Å²) in [6, 6.07) is 8.62. The third-order valence-corrected chi connectivity index (χ3v) is 6.67. The van der Waals surface area contributed by atoms with Gasteiger partial charge in [0.05, 0.1) is 11.4 Å². The second-order valence-corrected chi connectivity index (χ2v) is 11.7. The molecule has 0 saturated heterocycles. The number of allylic oxidation sites excluding steroid dienone is 4. The summed E-state index contributed by atoms with van der Waals surface area (Å²) < 4.78 is 2.26. The van der Waals surface area contributed by atoms with Crippen molar-refractivity contribution in [3.8, 4) is 11.3 Å². The van der Waals surface area contributed by atoms with Crippen LogP contribution < -0.4 is 4.80 Å². The van der Waals surface area contributed by atoms with E-state index in [0.29, 0.717) is 0 Å². The SMILES string of the molecule is CCCCn1c(-c2ccc(C)cc2)cs/c1=N/N=C1C=C(C(C)(C)C)C(=O)C(C(C)(C)C)=C1. The van der Waals surface area contributed by atoms with Crippen molar-refractivity contribution in [2.24, 2.45) is 21.0 Å². The molecule has 0 atom stereocenters. The van der Waals surface area contributed by atoms with E-state index in [0.717, 1.165) is 41.0 Å². The monoisotopic (exact) mass is 463 g/mol. The molecule has 33 heavy (non-hydrogen) atoms. The van der Waals surface area contributed by atoms with Crippen molar-refractivity contribution < 1.29 is 4.79 Å². The van der Waals surface area contributed by atoms with Gasteiger partial charge >= 0.3 is 0 Å². The van der Waals surface area contributed by atoms with Crippen LogP contribution in [0.1, 0.15) is 66.9 Å². The Morgan fingerprint density at radius 2 is 1.48 bits per heavy atom. The molecule has 176 valence electrons. The molecule has 0 fully saturated rings. The molecule has 0 unspecified atom stereocenters. The van der Waals surface area contributed by atoms with E-state index in [2.05, 4.69) is 99.8 Å². The molecule has 1 aliphatic carbocycles. The maximum absolute atomic E-state index is 13.2. The van der Waals surface area contributed by atoms with Crippen LogP contribution in [0.3, 0.4) is 0 Å². The molecule has 1 aromatic heterocycles. The molecule has 1 aromatic carbocycles. The van der Waals surface area contributed by atoms with E-state index in [9.17, 15) is 4.79 Å². The summed E-state index contributed by atoms with van der Waals surface area (Å²) in [5, 5.41) is 11.5. The highest BCUT2D eigenvalue weighted by atomic mass is 32.1. The van der Waals surface area contributed by atoms with Crippen LogP contribution in [0, 0.1) is 17.8 Å². The summed E-state index contributed by atoms with van der Waals surface area (Å²) in [5.41, 5.74) is 5.40. The maximum Gasteiger partial charge on any atom is 0.211 e. The molecule has 0 spiro atoms. The standard InChI is InChI=1S/C28H37N3OS/c1-9-10-15-31-24(20-13-11-19(2)12-14-20)18-33-26(31)30-29-21-16-22(27(3,4)5)25(32)23(17-21)28(6,7)8/h11-14,16-18H,9-10,15H2,1-8H3/b30-26+. The van der Waals surface area contributed by atoms with Crippen molar-refractivity contribution >= 4 is 22.8 Å². The normalized spacial score (nSPS) is 15.6. The van der Waals surface area contributed by atoms with Crippen molar-refractivity contribution in [1.82, 2.24) is 4.57 Å². The van der Waals surface area contributed by atoms with Crippen LogP contribution in [0.25, 0.3) is 11.3 Å². The van der Waals surface area contributed by atoms with Gasteiger partial charge in [-0.05, 0) is 41.9 Å². The summed E-state index contributed by atoms with van der Waals surface area (Å²) in [5.74, 6) is 0.116. The quantitative estimate of drug-likeness (QED) is 0.344. The van der Waals surface area contributed by atoms with Crippen LogP contribution in [-0.4, -0.2) is 16.1 Å². The minimum atomic E-state index is -0.259. The number of Topliss-reactive ketones (excluding diaryl/α,β-unsaturated/α-hetero) is 1. The highest BCUT2D eigenvalue weighted by Crippen LogP contribution is 2.37. The van der Waals surface area contributed by atoms with Crippen LogP contribution >= 0.6 is 11.3 Å². The number of hydrogen-bond acceptors (Lipinski definition) is 4. The van der Waals surface area contributed by atoms with Gasteiger partial charge in [-0.1, -0.05) is 84.7 Å². The summed E-state index contributed by atoms with van der Waals surface area (Å²) in [4.78, 5) is 14.0. The Hall–Kier alpha value is -2.53. The zero-order valence-electron chi connectivity index (χ0n) is 21.3. The zero-order chi connectivity index (χ0) is 24.4. The number of carbonyl (C=O) groups excluding carboxylic acids is 1. The molecule has 5 heteroatoms. The average molecular weight is 464 g/mol. The lowest BCUT2D eigenvalue weighted by molar-refractivity contribution is -0.114. The van der Waals surface area contributed by atoms with Gasteiger partial charge in [-0.15, -0.1) is 21.5 Å². The van der Waals surface area contributed by atoms with Crippen molar-refractivity contribution in [2.45, 2.75) is 74.8 Å². The molecule has 0 bridgehead atoms. The number of aromatic nitrogens is 1. The molecule has 0 radical (unpaired) electrons. The van der Waals surface area contributed by atoms with Crippen LogP contribution in [0.2, 0.25) is 0 Å². The maximum atomic E-state index is 13.2. The fraction of sp³-hybridized carbons (Fsp3) is 0.464. The summed E-state index contributed by atoms with van der Waals surface area (Å²) in [6.07, 6.45) is 6.01. The number of benzene rings is 1. The highest BCUT2D eigenvalue weighted by Gasteiger charge is 2.34. The minimum absolute atomic E-state index is 0.116. The largest absolute Gasteiger partial charge is 0.315 e. The lowest BCUT2D eigenvalue weighted by Gasteiger charge is -2.30. The second kappa shape index (κ2) is 9.76. The lowest BCUT2D eigenvalue weighted by atomic mass is 9.72. The topological polar surface area (TPSA) is 46.7 Å². The van der Waals surface area contributed by atoms with Gasteiger partial charge in [0.1, 0.15) is 0 Å². The Bertz CT molecular complexity index is 1140. The number of carbonyl (C=O) groups is 1. The summed E-state index contributed by atoms with van der Waals surface area (Å²) >= 11 is 1.61. The number of thiazole rings is 1. The molecule has 4 nitrogen and oxygen atoms in total. The van der Waals surface area contributed by atoms with Crippen LogP contribution in [-0.2, 0) is 11.3 Å². The molecule has 0 aliphatic heterocycles. The first-order valence-corrected chi connectivity index (χ1v) is 12.7. The molecular formula is C28H37N3OS. The van der Waals surface area contributed by atoms with Gasteiger partial charge in [-0.3, -0.25) is 4.79 Å². The molecule has 3 rings (SSSR count). The number of aryl methyl sites for hydroxylation is 1. The summed E-state index contributed by atoms with van der Waals surface area (Å²) in [7, 11) is 0. The van der Waals surface area contributed by atoms with Gasteiger partial charge in [0.25, 0.3) is 0 Å². The second-order valence-electron chi connectivity index (χ2n) is 10.8. The predicted molar refractivity (Wildman–Crippen MR) is 140 cm³/mol. The Morgan fingerprint density at radius 3 is 2.00 bits per heavy atom. The number of hydrogen-bond donors (Lipinski definition) is 0. The van der Waals surface area contributed by atoms with E-state index in [1.54, 1.807) is 11.3 Å². The fourth-order valence-electron chi connectivity index (χ4n) is 3.78. The van der Waals surface area contributed by atoms with Crippen molar-refractivity contribution in [2.75, 3.05) is 0 Å². The average Bonchev–Trinajstić information content (AvgIpc) is 3.13. The van der Waals surface area contributed by atoms with E-state index < -0.39 is 0 Å². The van der Waals surface area contributed by atoms with Crippen molar-refractivity contribution in [3.63, 3.8) is 0 Å². The Labute approximate surface area is 202 Å². The van der Waals surface area contributed by atoms with Gasteiger partial charge in [0.2, 0.25) is 4.80 Å². The van der Waals surface area contributed by atoms with E-state index in [1.807, 2.05) is 12.2 Å². The molecule has 1 aliphatic rings. The Morgan fingerprint density at radius 1 is 0.909 bits per heavy atom. The first-order chi connectivity index (χ1) is 15.4. The fourth-order valence-corrected chi connectivity index (χ4v) is 4.67. The highest BCUT2D eigenvalue weighted by molar-refractivity contribution is 7.07. The third-order valence-electron chi connectivity index (χ3n) is 5.82. The molecule has 0 saturated carbocycles. The molecule has 0 N–H and O–H groups in total. The van der Waals surface area contributed by atoms with Crippen molar-refractivity contribution in [3.05, 3.63) is 63.3 Å². The molecule has 0 amide bonds. The number of nitrogens with zero attached hydrogens (tertiary/aromatic N) is 3. The van der Waals surface area contributed by atoms with E-state index in [4.69, 9.17) is 0 Å². The molecule has 2 aromatic rings. The first kappa shape index (κ1) is 25.1. The Balaban J connectivity index is 2.12. The predicted octanol–water partition coefficient (Wildman–Crippen LogP) is 7.11. The van der Waals surface area contributed by atoms with Gasteiger partial charge in [0, 0.05) is 23.1 Å². The van der Waals surface area contributed by atoms with Gasteiger partial charge in [-0.2, -0.15) is 0 Å².